The fourth-order valence-electron chi connectivity index (χ4n) is 1.38. The Morgan fingerprint density at radius 2 is 1.87 bits per heavy atom. The molecule has 1 N–H and O–H groups in total. The van der Waals surface area contributed by atoms with Crippen molar-refractivity contribution in [3.63, 3.8) is 0 Å². The van der Waals surface area contributed by atoms with Gasteiger partial charge in [-0.25, -0.2) is 9.59 Å². The molecule has 0 aromatic carbocycles. The average molecular weight is 349 g/mol. The number of hydrogen-bond acceptors (Lipinski definition) is 9. The van der Waals surface area contributed by atoms with Gasteiger partial charge in [0.05, 0.1) is 19.8 Å². The molecule has 1 rings (SSSR count). The van der Waals surface area contributed by atoms with E-state index in [-0.39, 0.29) is 51.5 Å². The van der Waals surface area contributed by atoms with E-state index >= 15 is 0 Å². The van der Waals surface area contributed by atoms with Gasteiger partial charge in [-0.2, -0.15) is 0 Å². The van der Waals surface area contributed by atoms with Gasteiger partial charge >= 0.3 is 12.1 Å². The van der Waals surface area contributed by atoms with Crippen molar-refractivity contribution < 1.29 is 38.0 Å². The predicted molar refractivity (Wildman–Crippen MR) is 80.7 cm³/mol. The van der Waals surface area contributed by atoms with Crippen molar-refractivity contribution in [3.8, 4) is 0 Å². The second kappa shape index (κ2) is 11.6. The Morgan fingerprint density at radius 3 is 2.57 bits per heavy atom. The molecule has 1 fully saturated rings. The van der Waals surface area contributed by atoms with E-state index in [2.05, 4.69) is 11.9 Å². The average Bonchev–Trinajstić information content (AvgIpc) is 2.56. The van der Waals surface area contributed by atoms with E-state index in [1.807, 2.05) is 0 Å². The summed E-state index contributed by atoms with van der Waals surface area (Å²) in [4.78, 5) is 22.1. The van der Waals surface area contributed by atoms with Crippen LogP contribution in [-0.2, 0) is 33.2 Å². The number of nitrogens with one attached hydrogen (secondary N) is 1. The molecule has 0 saturated carbocycles. The number of carbonyl (C=O) groups excluding carboxylic acids is 2. The van der Waals surface area contributed by atoms with Gasteiger partial charge in [0.25, 0.3) is 5.17 Å². The van der Waals surface area contributed by atoms with Crippen LogP contribution in [0.15, 0.2) is 12.7 Å². The molecular weight excluding hydrogens is 330 g/mol. The molecule has 10 heteroatoms. The molecule has 0 radical (unpaired) electrons. The van der Waals surface area contributed by atoms with Gasteiger partial charge in [0.1, 0.15) is 26.6 Å². The third kappa shape index (κ3) is 9.66. The van der Waals surface area contributed by atoms with Crippen LogP contribution in [0.2, 0.25) is 0 Å². The molecule has 0 aliphatic carbocycles. The summed E-state index contributed by atoms with van der Waals surface area (Å²) >= 11 is 4.87. The Hall–Kier alpha value is -1.91. The third-order valence-corrected chi connectivity index (χ3v) is 2.62. The summed E-state index contributed by atoms with van der Waals surface area (Å²) in [5.41, 5.74) is 0. The van der Waals surface area contributed by atoms with Gasteiger partial charge in [0, 0.05) is 6.08 Å². The van der Waals surface area contributed by atoms with E-state index in [0.717, 1.165) is 6.08 Å². The second-order valence-corrected chi connectivity index (χ2v) is 4.50. The molecule has 0 unspecified atom stereocenters. The van der Waals surface area contributed by atoms with Crippen LogP contribution in [0.5, 0.6) is 0 Å². The first-order chi connectivity index (χ1) is 11.1. The Kier molecular flexibility index (Phi) is 9.68. The lowest BCUT2D eigenvalue weighted by Crippen LogP contribution is -2.34. The first-order valence-electron chi connectivity index (χ1n) is 6.80. The van der Waals surface area contributed by atoms with E-state index in [0.29, 0.717) is 0 Å². The van der Waals surface area contributed by atoms with Crippen LogP contribution in [0.1, 0.15) is 0 Å². The number of hydrogen-bond donors (Lipinski definition) is 1. The molecule has 0 spiro atoms. The van der Waals surface area contributed by atoms with Gasteiger partial charge in [-0.3, -0.25) is 0 Å². The molecule has 23 heavy (non-hydrogen) atoms. The Bertz CT molecular complexity index is 411. The van der Waals surface area contributed by atoms with E-state index in [1.54, 1.807) is 0 Å². The van der Waals surface area contributed by atoms with Crippen LogP contribution >= 0.6 is 12.2 Å². The lowest BCUT2D eigenvalue weighted by molar-refractivity contribution is -0.157. The summed E-state index contributed by atoms with van der Waals surface area (Å²) in [5.74, 6) is -0.534. The molecule has 1 aliphatic heterocycles. The van der Waals surface area contributed by atoms with E-state index < -0.39 is 18.2 Å². The molecule has 9 nitrogen and oxygen atoms in total. The van der Waals surface area contributed by atoms with Crippen LogP contribution in [-0.4, -0.2) is 69.8 Å². The van der Waals surface area contributed by atoms with Crippen LogP contribution in [0.4, 0.5) is 4.79 Å². The minimum Gasteiger partial charge on any atom is -0.467 e. The van der Waals surface area contributed by atoms with Crippen LogP contribution in [0.3, 0.4) is 0 Å². The third-order valence-electron chi connectivity index (χ3n) is 2.36. The zero-order valence-corrected chi connectivity index (χ0v) is 13.3. The summed E-state index contributed by atoms with van der Waals surface area (Å²) in [6.45, 7) is 4.47. The minimum atomic E-state index is -0.811. The zero-order valence-electron chi connectivity index (χ0n) is 12.5. The van der Waals surface area contributed by atoms with Gasteiger partial charge in [-0.15, -0.1) is 0 Å². The van der Waals surface area contributed by atoms with Gasteiger partial charge in [0.15, 0.2) is 6.10 Å². The van der Waals surface area contributed by atoms with Crippen molar-refractivity contribution >= 4 is 29.5 Å². The lowest BCUT2D eigenvalue weighted by Gasteiger charge is -2.21. The Morgan fingerprint density at radius 1 is 1.17 bits per heavy atom. The number of thiocarbonyl (C=S) groups is 1. The molecule has 1 heterocycles. The SMILES string of the molecule is C=CC(=O)OCCOC(=S)NCCOC(=O)OC1COCOC1. The van der Waals surface area contributed by atoms with Crippen molar-refractivity contribution in [2.75, 3.05) is 46.4 Å². The molecular formula is C13H19NO8S. The fraction of sp³-hybridized carbons (Fsp3) is 0.615. The molecule has 1 saturated heterocycles. The minimum absolute atomic E-state index is 0.0439. The van der Waals surface area contributed by atoms with Crippen LogP contribution in [0.25, 0.3) is 0 Å². The van der Waals surface area contributed by atoms with Gasteiger partial charge < -0.3 is 33.7 Å². The molecule has 0 aromatic rings. The second-order valence-electron chi connectivity index (χ2n) is 4.13. The number of carbonyl (C=O) groups is 2. The summed E-state index contributed by atoms with van der Waals surface area (Å²) in [7, 11) is 0. The standard InChI is InChI=1S/C13H19NO8S/c1-2-11(15)19-5-6-20-12(23)14-3-4-21-13(16)22-10-7-17-9-18-8-10/h2,10H,1,3-9H2,(H,14,23). The highest BCUT2D eigenvalue weighted by Crippen LogP contribution is 2.02. The normalized spacial score (nSPS) is 14.4. The first kappa shape index (κ1) is 19.1. The van der Waals surface area contributed by atoms with Gasteiger partial charge in [-0.05, 0) is 12.2 Å². The van der Waals surface area contributed by atoms with E-state index in [1.165, 1.54) is 0 Å². The topological polar surface area (TPSA) is 102 Å². The van der Waals surface area contributed by atoms with E-state index in [9.17, 15) is 9.59 Å². The first-order valence-corrected chi connectivity index (χ1v) is 7.21. The highest BCUT2D eigenvalue weighted by atomic mass is 32.1. The van der Waals surface area contributed by atoms with Gasteiger partial charge in [-0.1, -0.05) is 6.58 Å². The lowest BCUT2D eigenvalue weighted by atomic mass is 10.4. The smallest absolute Gasteiger partial charge is 0.467 e. The highest BCUT2D eigenvalue weighted by molar-refractivity contribution is 7.80. The molecule has 130 valence electrons. The largest absolute Gasteiger partial charge is 0.508 e. The predicted octanol–water partition coefficient (Wildman–Crippen LogP) is 0.133. The van der Waals surface area contributed by atoms with Crippen molar-refractivity contribution in [2.45, 2.75) is 6.10 Å². The highest BCUT2D eigenvalue weighted by Gasteiger charge is 2.19. The summed E-state index contributed by atoms with van der Waals surface area (Å²) in [6.07, 6.45) is -0.223. The number of rotatable bonds is 8. The molecule has 0 atom stereocenters. The van der Waals surface area contributed by atoms with Crippen molar-refractivity contribution in [3.05, 3.63) is 12.7 Å². The number of ether oxygens (including phenoxy) is 6. The number of esters is 1. The maximum atomic E-state index is 11.4. The molecule has 0 amide bonds. The van der Waals surface area contributed by atoms with Crippen molar-refractivity contribution in [2.24, 2.45) is 0 Å². The quantitative estimate of drug-likeness (QED) is 0.282. The summed E-state index contributed by atoms with van der Waals surface area (Å²) in [6, 6.07) is 0. The monoisotopic (exact) mass is 349 g/mol. The maximum absolute atomic E-state index is 11.4. The van der Waals surface area contributed by atoms with Gasteiger partial charge in [0.2, 0.25) is 0 Å². The zero-order chi connectivity index (χ0) is 16.9. The van der Waals surface area contributed by atoms with Crippen LogP contribution < -0.4 is 5.32 Å². The van der Waals surface area contributed by atoms with Crippen molar-refractivity contribution in [1.29, 1.82) is 0 Å². The summed E-state index contributed by atoms with van der Waals surface area (Å²) in [5, 5.41) is 2.81. The van der Waals surface area contributed by atoms with E-state index in [4.69, 9.17) is 40.6 Å². The molecule has 0 aromatic heterocycles. The molecule has 1 aliphatic rings. The van der Waals surface area contributed by atoms with Crippen LogP contribution in [0, 0.1) is 0 Å². The fourth-order valence-corrected chi connectivity index (χ4v) is 1.56. The maximum Gasteiger partial charge on any atom is 0.508 e. The molecule has 0 bridgehead atoms. The summed E-state index contributed by atoms with van der Waals surface area (Å²) < 4.78 is 29.5. The Balaban J connectivity index is 1.96. The van der Waals surface area contributed by atoms with Crippen molar-refractivity contribution in [1.82, 2.24) is 5.32 Å². The Labute approximate surface area is 138 Å².